The van der Waals surface area contributed by atoms with Crippen LogP contribution in [0.5, 0.6) is 5.75 Å². The number of hydrogen-bond donors (Lipinski definition) is 3. The summed E-state index contributed by atoms with van der Waals surface area (Å²) in [5.74, 6) is -2.07. The number of para-hydroxylation sites is 1. The van der Waals surface area contributed by atoms with E-state index >= 15 is 0 Å². The topological polar surface area (TPSA) is 120 Å². The molecule has 3 rings (SSSR count). The summed E-state index contributed by atoms with van der Waals surface area (Å²) < 4.78 is 5.25. The Balaban J connectivity index is 1.84. The molecule has 0 aliphatic carbocycles. The van der Waals surface area contributed by atoms with Crippen molar-refractivity contribution in [1.82, 2.24) is 10.7 Å². The first-order chi connectivity index (χ1) is 18.8. The summed E-state index contributed by atoms with van der Waals surface area (Å²) in [7, 11) is 0. The minimum atomic E-state index is -1.12. The lowest BCUT2D eigenvalue weighted by Crippen LogP contribution is -2.33. The van der Waals surface area contributed by atoms with Gasteiger partial charge in [-0.25, -0.2) is 10.2 Å². The van der Waals surface area contributed by atoms with E-state index in [0.29, 0.717) is 11.1 Å². The quantitative estimate of drug-likeness (QED) is 0.173. The van der Waals surface area contributed by atoms with Gasteiger partial charge in [-0.2, -0.15) is 5.10 Å². The maximum atomic E-state index is 13.1. The molecule has 0 bridgehead atoms. The second-order valence-electron chi connectivity index (χ2n) is 8.18. The van der Waals surface area contributed by atoms with Gasteiger partial charge in [0.15, 0.2) is 6.61 Å². The summed E-state index contributed by atoms with van der Waals surface area (Å²) in [4.78, 5) is 39.1. The molecule has 0 atom stereocenters. The first kappa shape index (κ1) is 28.9. The fourth-order valence-corrected chi connectivity index (χ4v) is 3.83. The molecule has 2 amide bonds. The number of anilines is 1. The SMILES string of the molecule is CCN(CC)c1ccc(C=C(NC(=O)c2ccccc2Cl)C(=O)NN=Cc2ccccc2OCC(=O)O)cc1. The van der Waals surface area contributed by atoms with Crippen LogP contribution >= 0.6 is 11.6 Å². The molecule has 0 aromatic heterocycles. The van der Waals surface area contributed by atoms with Gasteiger partial charge in [0.1, 0.15) is 11.4 Å². The molecule has 3 N–H and O–H groups in total. The molecule has 3 aromatic carbocycles. The van der Waals surface area contributed by atoms with Gasteiger partial charge in [0.2, 0.25) is 0 Å². The van der Waals surface area contributed by atoms with Crippen molar-refractivity contribution in [3.8, 4) is 5.75 Å². The van der Waals surface area contributed by atoms with Crippen molar-refractivity contribution < 1.29 is 24.2 Å². The molecule has 9 nitrogen and oxygen atoms in total. The fourth-order valence-electron chi connectivity index (χ4n) is 3.61. The van der Waals surface area contributed by atoms with Crippen molar-refractivity contribution in [3.05, 3.63) is 100 Å². The van der Waals surface area contributed by atoms with Gasteiger partial charge in [-0.15, -0.1) is 0 Å². The van der Waals surface area contributed by atoms with Gasteiger partial charge in [-0.05, 0) is 61.9 Å². The van der Waals surface area contributed by atoms with E-state index in [2.05, 4.69) is 34.6 Å². The predicted molar refractivity (Wildman–Crippen MR) is 152 cm³/mol. The molecule has 10 heteroatoms. The molecule has 0 heterocycles. The van der Waals surface area contributed by atoms with Crippen LogP contribution in [-0.2, 0) is 9.59 Å². The van der Waals surface area contributed by atoms with Crippen molar-refractivity contribution in [3.63, 3.8) is 0 Å². The predicted octanol–water partition coefficient (Wildman–Crippen LogP) is 4.57. The Kier molecular flexibility index (Phi) is 10.6. The van der Waals surface area contributed by atoms with Crippen LogP contribution < -0.4 is 20.4 Å². The van der Waals surface area contributed by atoms with Crippen LogP contribution in [0, 0.1) is 0 Å². The maximum absolute atomic E-state index is 13.1. The Labute approximate surface area is 231 Å². The number of hydrogen-bond acceptors (Lipinski definition) is 6. The normalized spacial score (nSPS) is 11.2. The van der Waals surface area contributed by atoms with E-state index in [4.69, 9.17) is 21.4 Å². The van der Waals surface area contributed by atoms with Gasteiger partial charge in [-0.3, -0.25) is 9.59 Å². The van der Waals surface area contributed by atoms with Crippen molar-refractivity contribution in [2.75, 3.05) is 24.6 Å². The number of aliphatic carboxylic acids is 1. The Morgan fingerprint density at radius 2 is 1.64 bits per heavy atom. The van der Waals surface area contributed by atoms with Crippen molar-refractivity contribution in [2.45, 2.75) is 13.8 Å². The summed E-state index contributed by atoms with van der Waals surface area (Å²) in [6, 6.07) is 20.7. The third-order valence-electron chi connectivity index (χ3n) is 5.58. The molecule has 3 aromatic rings. The van der Waals surface area contributed by atoms with E-state index in [9.17, 15) is 14.4 Å². The van der Waals surface area contributed by atoms with Crippen LogP contribution in [0.15, 0.2) is 83.6 Å². The molecule has 202 valence electrons. The first-order valence-electron chi connectivity index (χ1n) is 12.2. The smallest absolute Gasteiger partial charge is 0.341 e. The lowest BCUT2D eigenvalue weighted by atomic mass is 10.1. The number of halogens is 1. The lowest BCUT2D eigenvalue weighted by Gasteiger charge is -2.21. The van der Waals surface area contributed by atoms with E-state index in [1.165, 1.54) is 12.3 Å². The number of carbonyl (C=O) groups excluding carboxylic acids is 2. The summed E-state index contributed by atoms with van der Waals surface area (Å²) in [5.41, 5.74) is 4.74. The van der Waals surface area contributed by atoms with Crippen molar-refractivity contribution in [1.29, 1.82) is 0 Å². The average Bonchev–Trinajstić information content (AvgIpc) is 2.93. The highest BCUT2D eigenvalue weighted by Crippen LogP contribution is 2.19. The molecule has 0 fully saturated rings. The molecule has 0 aliphatic heterocycles. The van der Waals surface area contributed by atoms with Gasteiger partial charge in [-0.1, -0.05) is 48.0 Å². The van der Waals surface area contributed by atoms with E-state index in [1.807, 2.05) is 24.3 Å². The molecule has 0 radical (unpaired) electrons. The number of rotatable bonds is 12. The monoisotopic (exact) mass is 548 g/mol. The second-order valence-corrected chi connectivity index (χ2v) is 8.58. The number of hydrazone groups is 1. The fraction of sp³-hybridized carbons (Fsp3) is 0.172. The third-order valence-corrected chi connectivity index (χ3v) is 5.91. The van der Waals surface area contributed by atoms with Gasteiger partial charge >= 0.3 is 5.97 Å². The first-order valence-corrected chi connectivity index (χ1v) is 12.6. The van der Waals surface area contributed by atoms with Crippen LogP contribution in [0.2, 0.25) is 5.02 Å². The Morgan fingerprint density at radius 3 is 2.31 bits per heavy atom. The zero-order valence-electron chi connectivity index (χ0n) is 21.6. The van der Waals surface area contributed by atoms with Gasteiger partial charge < -0.3 is 20.1 Å². The van der Waals surface area contributed by atoms with Crippen LogP contribution in [-0.4, -0.2) is 48.8 Å². The number of amides is 2. The lowest BCUT2D eigenvalue weighted by molar-refractivity contribution is -0.139. The minimum absolute atomic E-state index is 0.0527. The largest absolute Gasteiger partial charge is 0.481 e. The Morgan fingerprint density at radius 1 is 0.974 bits per heavy atom. The zero-order chi connectivity index (χ0) is 28.2. The zero-order valence-corrected chi connectivity index (χ0v) is 22.3. The van der Waals surface area contributed by atoms with E-state index in [1.54, 1.807) is 48.5 Å². The van der Waals surface area contributed by atoms with E-state index in [-0.39, 0.29) is 22.0 Å². The van der Waals surface area contributed by atoms with Crippen molar-refractivity contribution >= 4 is 47.4 Å². The minimum Gasteiger partial charge on any atom is -0.481 e. The maximum Gasteiger partial charge on any atom is 0.341 e. The molecular weight excluding hydrogens is 520 g/mol. The number of nitrogens with zero attached hydrogens (tertiary/aromatic N) is 2. The van der Waals surface area contributed by atoms with Crippen LogP contribution in [0.1, 0.15) is 35.3 Å². The summed E-state index contributed by atoms with van der Waals surface area (Å²) in [5, 5.41) is 15.7. The Bertz CT molecular complexity index is 1370. The highest BCUT2D eigenvalue weighted by atomic mass is 35.5. The van der Waals surface area contributed by atoms with Crippen molar-refractivity contribution in [2.24, 2.45) is 5.10 Å². The molecule has 0 spiro atoms. The highest BCUT2D eigenvalue weighted by molar-refractivity contribution is 6.34. The highest BCUT2D eigenvalue weighted by Gasteiger charge is 2.16. The van der Waals surface area contributed by atoms with Gasteiger partial charge in [0, 0.05) is 24.3 Å². The number of carboxylic acid groups (broad SMARTS) is 1. The number of nitrogens with one attached hydrogen (secondary N) is 2. The second kappa shape index (κ2) is 14.3. The van der Waals surface area contributed by atoms with E-state index < -0.39 is 24.4 Å². The number of benzene rings is 3. The average molecular weight is 549 g/mol. The van der Waals surface area contributed by atoms with Gasteiger partial charge in [0.05, 0.1) is 16.8 Å². The van der Waals surface area contributed by atoms with Gasteiger partial charge in [0.25, 0.3) is 11.8 Å². The standard InChI is InChI=1S/C29H29ClN4O5/c1-3-34(4-2)22-15-13-20(14-16-22)17-25(32-28(37)23-10-6-7-11-24(23)30)29(38)33-31-18-21-9-5-8-12-26(21)39-19-27(35)36/h5-18H,3-4,19H2,1-2H3,(H,32,37)(H,33,38)(H,35,36). The Hall–Kier alpha value is -4.63. The van der Waals surface area contributed by atoms with Crippen LogP contribution in [0.4, 0.5) is 5.69 Å². The third kappa shape index (κ3) is 8.44. The van der Waals surface area contributed by atoms with Crippen LogP contribution in [0.25, 0.3) is 6.08 Å². The number of ether oxygens (including phenoxy) is 1. The molecule has 0 saturated carbocycles. The summed E-state index contributed by atoms with van der Waals surface area (Å²) in [6.07, 6.45) is 2.86. The summed E-state index contributed by atoms with van der Waals surface area (Å²) >= 11 is 6.17. The molecule has 0 aliphatic rings. The number of carboxylic acids is 1. The van der Waals surface area contributed by atoms with E-state index in [0.717, 1.165) is 18.8 Å². The molecular formula is C29H29ClN4O5. The molecule has 0 unspecified atom stereocenters. The molecule has 0 saturated heterocycles. The van der Waals surface area contributed by atoms with Crippen LogP contribution in [0.3, 0.4) is 0 Å². The molecule has 39 heavy (non-hydrogen) atoms. The number of carbonyl (C=O) groups is 3. The summed E-state index contributed by atoms with van der Waals surface area (Å²) in [6.45, 7) is 5.33.